The van der Waals surface area contributed by atoms with Gasteiger partial charge in [-0.05, 0) is 26.0 Å². The normalized spacial score (nSPS) is 11.3. The lowest BCUT2D eigenvalue weighted by Gasteiger charge is -2.19. The molecule has 112 valence electrons. The van der Waals surface area contributed by atoms with E-state index in [2.05, 4.69) is 15.0 Å². The minimum Gasteiger partial charge on any atom is -0.404 e. The fourth-order valence-electron chi connectivity index (χ4n) is 1.46. The molecule has 0 fully saturated rings. The number of amides is 1. The van der Waals surface area contributed by atoms with Crippen molar-refractivity contribution in [2.75, 3.05) is 18.5 Å². The summed E-state index contributed by atoms with van der Waals surface area (Å²) >= 11 is 0. The maximum absolute atomic E-state index is 12.0. The van der Waals surface area contributed by atoms with Crippen molar-refractivity contribution >= 4 is 11.7 Å². The van der Waals surface area contributed by atoms with Crippen molar-refractivity contribution in [3.8, 4) is 5.75 Å². The predicted octanol–water partition coefficient (Wildman–Crippen LogP) is 1.94. The first-order chi connectivity index (χ1) is 9.17. The molecule has 1 amide bonds. The fourth-order valence-corrected chi connectivity index (χ4v) is 1.46. The number of pyridine rings is 1. The molecule has 0 unspecified atom stereocenters. The van der Waals surface area contributed by atoms with Crippen molar-refractivity contribution in [1.82, 2.24) is 10.3 Å². The number of alkyl halides is 3. The van der Waals surface area contributed by atoms with Crippen LogP contribution in [-0.4, -0.2) is 36.9 Å². The lowest BCUT2D eigenvalue weighted by Crippen LogP contribution is -2.38. The van der Waals surface area contributed by atoms with Gasteiger partial charge in [0.2, 0.25) is 5.91 Å². The molecule has 20 heavy (non-hydrogen) atoms. The first-order valence-corrected chi connectivity index (χ1v) is 5.89. The topological polar surface area (TPSA) is 54.5 Å². The Hall–Kier alpha value is -1.99. The van der Waals surface area contributed by atoms with E-state index in [1.807, 2.05) is 13.8 Å². The molecule has 0 aliphatic heterocycles. The molecular formula is C12H16F3N3O2. The summed E-state index contributed by atoms with van der Waals surface area (Å²) in [4.78, 5) is 16.9. The second-order valence-corrected chi connectivity index (χ2v) is 4.48. The van der Waals surface area contributed by atoms with Crippen molar-refractivity contribution in [3.63, 3.8) is 0 Å². The number of aromatic nitrogens is 1. The molecule has 1 rings (SSSR count). The molecule has 0 bridgehead atoms. The Bertz CT molecular complexity index is 446. The lowest BCUT2D eigenvalue weighted by atomic mass is 10.3. The third-order valence-electron chi connectivity index (χ3n) is 2.18. The minimum atomic E-state index is -4.74. The predicted molar refractivity (Wildman–Crippen MR) is 67.5 cm³/mol. The number of hydrogen-bond donors (Lipinski definition) is 1. The molecule has 0 saturated carbocycles. The van der Waals surface area contributed by atoms with Gasteiger partial charge in [-0.25, -0.2) is 4.98 Å². The summed E-state index contributed by atoms with van der Waals surface area (Å²) in [5, 5.41) is 2.70. The Morgan fingerprint density at radius 3 is 2.55 bits per heavy atom. The highest BCUT2D eigenvalue weighted by atomic mass is 19.4. The second-order valence-electron chi connectivity index (χ2n) is 4.48. The highest BCUT2D eigenvalue weighted by Crippen LogP contribution is 2.23. The zero-order valence-electron chi connectivity index (χ0n) is 11.4. The molecule has 0 spiro atoms. The molecule has 0 aromatic carbocycles. The van der Waals surface area contributed by atoms with Gasteiger partial charge in [0, 0.05) is 13.1 Å². The maximum Gasteiger partial charge on any atom is 0.573 e. The number of likely N-dealkylation sites (N-methyl/N-ethyl adjacent to an activating group) is 1. The third-order valence-corrected chi connectivity index (χ3v) is 2.18. The Labute approximate surface area is 114 Å². The first kappa shape index (κ1) is 16.1. The van der Waals surface area contributed by atoms with Crippen LogP contribution < -0.4 is 15.0 Å². The first-order valence-electron chi connectivity index (χ1n) is 5.89. The lowest BCUT2D eigenvalue weighted by molar-refractivity contribution is -0.274. The number of hydrogen-bond acceptors (Lipinski definition) is 4. The average molecular weight is 291 g/mol. The third kappa shape index (κ3) is 5.77. The van der Waals surface area contributed by atoms with E-state index in [0.29, 0.717) is 5.82 Å². The summed E-state index contributed by atoms with van der Waals surface area (Å²) < 4.78 is 39.7. The zero-order valence-corrected chi connectivity index (χ0v) is 11.4. The van der Waals surface area contributed by atoms with E-state index < -0.39 is 12.1 Å². The van der Waals surface area contributed by atoms with Crippen LogP contribution in [0.5, 0.6) is 5.75 Å². The van der Waals surface area contributed by atoms with Crippen LogP contribution >= 0.6 is 0 Å². The summed E-state index contributed by atoms with van der Waals surface area (Å²) in [5.41, 5.74) is 0. The minimum absolute atomic E-state index is 0.0198. The maximum atomic E-state index is 12.0. The van der Waals surface area contributed by atoms with Crippen molar-refractivity contribution in [3.05, 3.63) is 18.3 Å². The summed E-state index contributed by atoms with van der Waals surface area (Å²) in [6, 6.07) is 2.52. The van der Waals surface area contributed by atoms with Crippen molar-refractivity contribution < 1.29 is 22.7 Å². The molecule has 0 aliphatic rings. The summed E-state index contributed by atoms with van der Waals surface area (Å²) in [7, 11) is 1.62. The van der Waals surface area contributed by atoms with Crippen LogP contribution in [-0.2, 0) is 4.79 Å². The molecule has 1 aromatic rings. The van der Waals surface area contributed by atoms with E-state index in [9.17, 15) is 18.0 Å². The molecule has 0 radical (unpaired) electrons. The van der Waals surface area contributed by atoms with Crippen LogP contribution in [0.1, 0.15) is 13.8 Å². The number of carbonyl (C=O) groups excluding carboxylic acids is 1. The Morgan fingerprint density at radius 1 is 1.45 bits per heavy atom. The van der Waals surface area contributed by atoms with Gasteiger partial charge in [0.05, 0.1) is 12.7 Å². The van der Waals surface area contributed by atoms with Crippen LogP contribution in [0.3, 0.4) is 0 Å². The number of anilines is 1. The largest absolute Gasteiger partial charge is 0.573 e. The fraction of sp³-hybridized carbons (Fsp3) is 0.500. The molecule has 1 aromatic heterocycles. The van der Waals surface area contributed by atoms with Crippen molar-refractivity contribution in [2.45, 2.75) is 26.3 Å². The van der Waals surface area contributed by atoms with Gasteiger partial charge in [-0.15, -0.1) is 13.2 Å². The van der Waals surface area contributed by atoms with E-state index in [1.165, 1.54) is 11.0 Å². The molecule has 1 N–H and O–H groups in total. The van der Waals surface area contributed by atoms with Crippen molar-refractivity contribution in [1.29, 1.82) is 0 Å². The summed E-state index contributed by atoms with van der Waals surface area (Å²) in [6.45, 7) is 3.73. The Kier molecular flexibility index (Phi) is 5.18. The Balaban J connectivity index is 2.61. The quantitative estimate of drug-likeness (QED) is 0.901. The molecule has 0 atom stereocenters. The van der Waals surface area contributed by atoms with Crippen LogP contribution in [0.25, 0.3) is 0 Å². The molecular weight excluding hydrogens is 275 g/mol. The van der Waals surface area contributed by atoms with Gasteiger partial charge < -0.3 is 15.0 Å². The number of nitrogens with one attached hydrogen (secondary N) is 1. The zero-order chi connectivity index (χ0) is 15.3. The molecule has 0 aliphatic carbocycles. The average Bonchev–Trinajstić information content (AvgIpc) is 2.26. The molecule has 1 heterocycles. The summed E-state index contributed by atoms with van der Waals surface area (Å²) in [5.74, 6) is -0.223. The van der Waals surface area contributed by atoms with Gasteiger partial charge in [-0.2, -0.15) is 0 Å². The van der Waals surface area contributed by atoms with Gasteiger partial charge >= 0.3 is 6.36 Å². The number of halogens is 3. The van der Waals surface area contributed by atoms with Gasteiger partial charge in [0.15, 0.2) is 0 Å². The Morgan fingerprint density at radius 2 is 2.10 bits per heavy atom. The standard InChI is InChI=1S/C12H16F3N3O2/c1-8(2)17-11(19)7-18(3)10-5-4-9(6-16-10)20-12(13,14)15/h4-6,8H,7H2,1-3H3,(H,17,19). The van der Waals surface area contributed by atoms with Crippen LogP contribution in [0, 0.1) is 0 Å². The number of nitrogens with zero attached hydrogens (tertiary/aromatic N) is 2. The van der Waals surface area contributed by atoms with Gasteiger partial charge in [0.25, 0.3) is 0 Å². The highest BCUT2D eigenvalue weighted by molar-refractivity contribution is 5.81. The van der Waals surface area contributed by atoms with Crippen molar-refractivity contribution in [2.24, 2.45) is 0 Å². The number of carbonyl (C=O) groups is 1. The SMILES string of the molecule is CC(C)NC(=O)CN(C)c1ccc(OC(F)(F)F)cn1. The summed E-state index contributed by atoms with van der Waals surface area (Å²) in [6.07, 6.45) is -3.79. The van der Waals surface area contributed by atoms with Crippen LogP contribution in [0.15, 0.2) is 18.3 Å². The van der Waals surface area contributed by atoms with E-state index in [4.69, 9.17) is 0 Å². The van der Waals surface area contributed by atoms with Gasteiger partial charge in [-0.1, -0.05) is 0 Å². The van der Waals surface area contributed by atoms with Gasteiger partial charge in [0.1, 0.15) is 11.6 Å². The second kappa shape index (κ2) is 6.44. The van der Waals surface area contributed by atoms with E-state index in [-0.39, 0.29) is 18.5 Å². The molecule has 5 nitrogen and oxygen atoms in total. The molecule has 0 saturated heterocycles. The van der Waals surface area contributed by atoms with E-state index in [0.717, 1.165) is 12.3 Å². The number of rotatable bonds is 5. The van der Waals surface area contributed by atoms with E-state index >= 15 is 0 Å². The van der Waals surface area contributed by atoms with Gasteiger partial charge in [-0.3, -0.25) is 4.79 Å². The molecule has 8 heteroatoms. The number of ether oxygens (including phenoxy) is 1. The van der Waals surface area contributed by atoms with Crippen LogP contribution in [0.2, 0.25) is 0 Å². The highest BCUT2D eigenvalue weighted by Gasteiger charge is 2.31. The monoisotopic (exact) mass is 291 g/mol. The smallest absolute Gasteiger partial charge is 0.404 e. The van der Waals surface area contributed by atoms with Crippen LogP contribution in [0.4, 0.5) is 19.0 Å². The van der Waals surface area contributed by atoms with E-state index in [1.54, 1.807) is 7.05 Å².